The van der Waals surface area contributed by atoms with Gasteiger partial charge < -0.3 is 0 Å². The monoisotopic (exact) mass is 185 g/mol. The van der Waals surface area contributed by atoms with Gasteiger partial charge in [0.05, 0.1) is 11.7 Å². The first-order chi connectivity index (χ1) is 6.77. The predicted molar refractivity (Wildman–Crippen MR) is 49.8 cm³/mol. The van der Waals surface area contributed by atoms with E-state index in [1.54, 1.807) is 12.3 Å². The average molecular weight is 185 g/mol. The van der Waals surface area contributed by atoms with Crippen molar-refractivity contribution in [2.24, 2.45) is 0 Å². The molecular weight excluding hydrogens is 182 g/mol. The van der Waals surface area contributed by atoms with Crippen molar-refractivity contribution in [2.45, 2.75) is 0 Å². The molecule has 0 bridgehead atoms. The second-order valence-electron chi connectivity index (χ2n) is 2.95. The van der Waals surface area contributed by atoms with Crippen molar-refractivity contribution in [1.29, 1.82) is 0 Å². The lowest BCUT2D eigenvalue weighted by molar-refractivity contribution is 1.34. The predicted octanol–water partition coefficient (Wildman–Crippen LogP) is -0.226. The molecule has 3 aromatic rings. The van der Waals surface area contributed by atoms with Crippen LogP contribution in [0.3, 0.4) is 0 Å². The summed E-state index contributed by atoms with van der Waals surface area (Å²) in [5, 5.41) is 0.703. The molecule has 0 unspecified atom stereocenters. The van der Waals surface area contributed by atoms with E-state index in [0.29, 0.717) is 16.4 Å². The number of nitrogens with zero attached hydrogens (tertiary/aromatic N) is 3. The van der Waals surface area contributed by atoms with Crippen LogP contribution in [0.5, 0.6) is 0 Å². The molecule has 0 aliphatic carbocycles. The molecule has 0 amide bonds. The zero-order valence-corrected chi connectivity index (χ0v) is 6.89. The topological polar surface area (TPSA) is 72.8 Å². The van der Waals surface area contributed by atoms with Gasteiger partial charge >= 0.3 is 5.56 Å². The molecule has 0 atom stereocenters. The molecule has 3 aromatic heterocycles. The van der Waals surface area contributed by atoms with Gasteiger partial charge in [-0.1, -0.05) is 0 Å². The quantitative estimate of drug-likeness (QED) is 0.452. The van der Waals surface area contributed by atoms with Crippen molar-refractivity contribution in [3.05, 3.63) is 39.0 Å². The minimum absolute atomic E-state index is 0.135. The molecule has 14 heavy (non-hydrogen) atoms. The molecule has 3 rings (SSSR count). The van der Waals surface area contributed by atoms with Crippen LogP contribution in [0.1, 0.15) is 0 Å². The second kappa shape index (κ2) is 2.20. The van der Waals surface area contributed by atoms with Crippen LogP contribution in [0.2, 0.25) is 0 Å². The van der Waals surface area contributed by atoms with Crippen molar-refractivity contribution in [3.63, 3.8) is 0 Å². The van der Waals surface area contributed by atoms with Crippen LogP contribution < -0.4 is 11.0 Å². The third kappa shape index (κ3) is 0.711. The van der Waals surface area contributed by atoms with E-state index in [4.69, 9.17) is 0 Å². The highest BCUT2D eigenvalue weighted by Gasteiger charge is 2.12. The second-order valence-corrected chi connectivity index (χ2v) is 2.95. The summed E-state index contributed by atoms with van der Waals surface area (Å²) in [6, 6.07) is 1.71. The van der Waals surface area contributed by atoms with Gasteiger partial charge in [0.1, 0.15) is 11.0 Å². The molecule has 0 saturated heterocycles. The normalized spacial score (nSPS) is 11.4. The maximum atomic E-state index is 11.2. The lowest BCUT2D eigenvalue weighted by Gasteiger charge is -1.87. The number of aromatic nitrogens is 3. The highest BCUT2D eigenvalue weighted by molar-refractivity contribution is 6.01. The summed E-state index contributed by atoms with van der Waals surface area (Å²) in [7, 11) is 0. The Morgan fingerprint density at radius 1 is 1.07 bits per heavy atom. The Balaban J connectivity index is 2.78. The minimum Gasteiger partial charge on any atom is -0.281 e. The van der Waals surface area contributed by atoms with Crippen molar-refractivity contribution >= 4 is 21.9 Å². The lowest BCUT2D eigenvalue weighted by Crippen LogP contribution is -2.19. The fourth-order valence-corrected chi connectivity index (χ4v) is 1.50. The smallest absolute Gasteiger partial charge is 0.281 e. The largest absolute Gasteiger partial charge is 0.320 e. The van der Waals surface area contributed by atoms with Crippen LogP contribution in [0.15, 0.2) is 28.0 Å². The van der Waals surface area contributed by atoms with E-state index >= 15 is 0 Å². The van der Waals surface area contributed by atoms with Crippen molar-refractivity contribution in [1.82, 2.24) is 15.0 Å². The SMILES string of the molecule is O=c1nc2c(ncc3nccc32)c1=O. The Morgan fingerprint density at radius 3 is 2.79 bits per heavy atom. The number of hydrogen-bond donors (Lipinski definition) is 0. The van der Waals surface area contributed by atoms with Crippen molar-refractivity contribution in [2.75, 3.05) is 0 Å². The molecule has 0 fully saturated rings. The summed E-state index contributed by atoms with van der Waals surface area (Å²) in [6.07, 6.45) is 3.07. The zero-order chi connectivity index (χ0) is 9.71. The van der Waals surface area contributed by atoms with Gasteiger partial charge in [-0.05, 0) is 6.07 Å². The van der Waals surface area contributed by atoms with Gasteiger partial charge in [0, 0.05) is 11.6 Å². The van der Waals surface area contributed by atoms with E-state index in [0.717, 1.165) is 0 Å². The summed E-state index contributed by atoms with van der Waals surface area (Å²) in [4.78, 5) is 33.8. The number of pyridine rings is 1. The fraction of sp³-hybridized carbons (Fsp3) is 0. The molecule has 66 valence electrons. The molecule has 0 aromatic carbocycles. The molecule has 0 saturated carbocycles. The Kier molecular flexibility index (Phi) is 1.14. The van der Waals surface area contributed by atoms with Gasteiger partial charge in [0.2, 0.25) is 0 Å². The van der Waals surface area contributed by atoms with Gasteiger partial charge in [0.15, 0.2) is 0 Å². The third-order valence-corrected chi connectivity index (χ3v) is 2.15. The molecule has 0 radical (unpaired) electrons. The maximum absolute atomic E-state index is 11.2. The molecule has 0 N–H and O–H groups in total. The molecule has 3 heterocycles. The van der Waals surface area contributed by atoms with Crippen molar-refractivity contribution in [3.8, 4) is 0 Å². The molecule has 0 aliphatic heterocycles. The third-order valence-electron chi connectivity index (χ3n) is 2.15. The van der Waals surface area contributed by atoms with Gasteiger partial charge in [-0.2, -0.15) is 0 Å². The van der Waals surface area contributed by atoms with Crippen LogP contribution in [0, 0.1) is 0 Å². The highest BCUT2D eigenvalue weighted by Crippen LogP contribution is 2.17. The van der Waals surface area contributed by atoms with Gasteiger partial charge in [0.25, 0.3) is 5.43 Å². The summed E-state index contributed by atoms with van der Waals surface area (Å²) in [5.74, 6) is 0. The Bertz CT molecular complexity index is 726. The first kappa shape index (κ1) is 7.25. The summed E-state index contributed by atoms with van der Waals surface area (Å²) in [5.41, 5.74) is -0.246. The lowest BCUT2D eigenvalue weighted by atomic mass is 10.3. The van der Waals surface area contributed by atoms with E-state index in [1.807, 2.05) is 0 Å². The molecule has 0 spiro atoms. The van der Waals surface area contributed by atoms with Crippen molar-refractivity contribution < 1.29 is 0 Å². The van der Waals surface area contributed by atoms with Crippen LogP contribution in [-0.4, -0.2) is 15.0 Å². The van der Waals surface area contributed by atoms with Gasteiger partial charge in [-0.3, -0.25) is 14.6 Å². The van der Waals surface area contributed by atoms with E-state index in [9.17, 15) is 9.59 Å². The minimum atomic E-state index is -0.749. The molecule has 0 aliphatic rings. The number of fused-ring (bicyclic) bond motifs is 3. The van der Waals surface area contributed by atoms with Crippen LogP contribution in [0.25, 0.3) is 21.9 Å². The van der Waals surface area contributed by atoms with Crippen LogP contribution in [-0.2, 0) is 0 Å². The number of rotatable bonds is 0. The van der Waals surface area contributed by atoms with E-state index in [-0.39, 0.29) is 5.52 Å². The maximum Gasteiger partial charge on any atom is 0.320 e. The number of hydrogen-bond acceptors (Lipinski definition) is 5. The summed E-state index contributed by atoms with van der Waals surface area (Å²) < 4.78 is 0. The zero-order valence-electron chi connectivity index (χ0n) is 6.89. The molecular formula is C9H3N3O2. The molecule has 5 nitrogen and oxygen atoms in total. The highest BCUT2D eigenvalue weighted by atomic mass is 16.2. The van der Waals surface area contributed by atoms with E-state index in [2.05, 4.69) is 15.0 Å². The first-order valence-corrected chi connectivity index (χ1v) is 3.98. The fourth-order valence-electron chi connectivity index (χ4n) is 1.50. The Morgan fingerprint density at radius 2 is 1.93 bits per heavy atom. The first-order valence-electron chi connectivity index (χ1n) is 3.98. The van der Waals surface area contributed by atoms with Crippen LogP contribution >= 0.6 is 0 Å². The van der Waals surface area contributed by atoms with Gasteiger partial charge in [-0.25, -0.2) is 9.97 Å². The summed E-state index contributed by atoms with van der Waals surface area (Å²) >= 11 is 0. The Hall–Kier alpha value is -2.17. The molecule has 5 heteroatoms. The van der Waals surface area contributed by atoms with Crippen LogP contribution in [0.4, 0.5) is 0 Å². The van der Waals surface area contributed by atoms with E-state index < -0.39 is 11.0 Å². The van der Waals surface area contributed by atoms with Gasteiger partial charge in [-0.15, -0.1) is 0 Å². The summed E-state index contributed by atoms with van der Waals surface area (Å²) in [6.45, 7) is 0. The Labute approximate surface area is 76.8 Å². The standard InChI is InChI=1S/C9H3N3O2/c13-8-7-6(12-9(8)14)4-1-2-10-5(4)3-11-7/h1-3H. The average Bonchev–Trinajstić information content (AvgIpc) is 2.73. The van der Waals surface area contributed by atoms with E-state index in [1.165, 1.54) is 6.20 Å².